The third-order valence-corrected chi connectivity index (χ3v) is 7.78. The predicted molar refractivity (Wildman–Crippen MR) is 156 cm³/mol. The van der Waals surface area contributed by atoms with Crippen LogP contribution in [0.4, 0.5) is 5.69 Å². The number of H-pyrrole nitrogens is 1. The number of nitro groups is 1. The molecule has 1 saturated carbocycles. The highest BCUT2D eigenvalue weighted by atomic mass is 16.6. The first-order valence-corrected chi connectivity index (χ1v) is 13.9. The maximum Gasteiger partial charge on any atom is 0.269 e. The van der Waals surface area contributed by atoms with Crippen LogP contribution < -0.4 is 10.1 Å². The molecule has 1 fully saturated rings. The summed E-state index contributed by atoms with van der Waals surface area (Å²) in [4.78, 5) is 43.9. The molecule has 212 valence electrons. The molecule has 5 rings (SSSR count). The number of carbonyl (C=O) groups is 2. The molecule has 0 saturated heterocycles. The molecule has 2 amide bonds. The SMILES string of the molecule is COc1ccc(CN(C(=O)Cc2c[nH]c3ccccc23)C(C(=O)NC2CCCCC2)c2ccc([N+](=O)[O-])cc2)cc1. The summed E-state index contributed by atoms with van der Waals surface area (Å²) in [5.41, 5.74) is 3.03. The Bertz CT molecular complexity index is 1510. The summed E-state index contributed by atoms with van der Waals surface area (Å²) >= 11 is 0. The number of ether oxygens (including phenoxy) is 1. The van der Waals surface area contributed by atoms with E-state index in [0.29, 0.717) is 11.3 Å². The van der Waals surface area contributed by atoms with Crippen LogP contribution in [0.3, 0.4) is 0 Å². The molecule has 1 unspecified atom stereocenters. The second-order valence-corrected chi connectivity index (χ2v) is 10.5. The molecule has 9 heteroatoms. The van der Waals surface area contributed by atoms with Gasteiger partial charge in [-0.2, -0.15) is 0 Å². The second kappa shape index (κ2) is 12.7. The first-order valence-electron chi connectivity index (χ1n) is 13.9. The lowest BCUT2D eigenvalue weighted by molar-refractivity contribution is -0.384. The van der Waals surface area contributed by atoms with E-state index in [1.54, 1.807) is 24.1 Å². The fourth-order valence-corrected chi connectivity index (χ4v) is 5.57. The van der Waals surface area contributed by atoms with E-state index < -0.39 is 11.0 Å². The number of fused-ring (bicyclic) bond motifs is 1. The van der Waals surface area contributed by atoms with Gasteiger partial charge in [-0.25, -0.2) is 0 Å². The predicted octanol–water partition coefficient (Wildman–Crippen LogP) is 5.85. The maximum atomic E-state index is 14.2. The van der Waals surface area contributed by atoms with Gasteiger partial charge in [0.25, 0.3) is 5.69 Å². The van der Waals surface area contributed by atoms with E-state index in [-0.39, 0.29) is 36.5 Å². The first kappa shape index (κ1) is 27.9. The fourth-order valence-electron chi connectivity index (χ4n) is 5.57. The minimum absolute atomic E-state index is 0.0309. The largest absolute Gasteiger partial charge is 0.497 e. The minimum Gasteiger partial charge on any atom is -0.497 e. The number of hydrogen-bond acceptors (Lipinski definition) is 5. The number of nitro benzene ring substituents is 1. The zero-order valence-electron chi connectivity index (χ0n) is 23.0. The monoisotopic (exact) mass is 554 g/mol. The van der Waals surface area contributed by atoms with Crippen LogP contribution in [-0.2, 0) is 22.6 Å². The fraction of sp³-hybridized carbons (Fsp3) is 0.312. The van der Waals surface area contributed by atoms with Gasteiger partial charge in [-0.3, -0.25) is 19.7 Å². The number of benzene rings is 3. The Hall–Kier alpha value is -4.66. The number of aromatic amines is 1. The zero-order chi connectivity index (χ0) is 28.8. The van der Waals surface area contributed by atoms with Crippen LogP contribution in [-0.4, -0.2) is 39.8 Å². The Morgan fingerprint density at radius 2 is 1.73 bits per heavy atom. The molecule has 1 heterocycles. The van der Waals surface area contributed by atoms with E-state index in [4.69, 9.17) is 4.74 Å². The highest BCUT2D eigenvalue weighted by Gasteiger charge is 2.33. The number of hydrogen-bond donors (Lipinski definition) is 2. The van der Waals surface area contributed by atoms with Gasteiger partial charge in [0, 0.05) is 41.8 Å². The molecule has 3 aromatic carbocycles. The van der Waals surface area contributed by atoms with Crippen molar-refractivity contribution < 1.29 is 19.2 Å². The number of nitrogens with one attached hydrogen (secondary N) is 2. The van der Waals surface area contributed by atoms with Crippen molar-refractivity contribution in [3.63, 3.8) is 0 Å². The van der Waals surface area contributed by atoms with Crippen molar-refractivity contribution in [3.8, 4) is 5.75 Å². The smallest absolute Gasteiger partial charge is 0.269 e. The number of methoxy groups -OCH3 is 1. The topological polar surface area (TPSA) is 118 Å². The lowest BCUT2D eigenvalue weighted by Crippen LogP contribution is -2.47. The molecule has 0 bridgehead atoms. The quantitative estimate of drug-likeness (QED) is 0.188. The van der Waals surface area contributed by atoms with Gasteiger partial charge in [0.1, 0.15) is 11.8 Å². The van der Waals surface area contributed by atoms with Crippen molar-refractivity contribution in [3.05, 3.63) is 106 Å². The van der Waals surface area contributed by atoms with Crippen LogP contribution in [0.2, 0.25) is 0 Å². The summed E-state index contributed by atoms with van der Waals surface area (Å²) in [6, 6.07) is 20.1. The standard InChI is InChI=1S/C32H34N4O5/c1-41-27-17-11-22(12-18-27)21-35(30(37)19-24-20-33-29-10-6-5-9-28(24)29)31(23-13-15-26(16-14-23)36(39)40)32(38)34-25-7-3-2-4-8-25/h5-6,9-18,20,25,31,33H,2-4,7-8,19,21H2,1H3,(H,34,38). The van der Waals surface area contributed by atoms with Crippen molar-refractivity contribution in [1.82, 2.24) is 15.2 Å². The summed E-state index contributed by atoms with van der Waals surface area (Å²) in [7, 11) is 1.59. The van der Waals surface area contributed by atoms with Crippen molar-refractivity contribution in [2.45, 2.75) is 57.2 Å². The van der Waals surface area contributed by atoms with Crippen LogP contribution in [0, 0.1) is 10.1 Å². The molecule has 1 atom stereocenters. The summed E-state index contributed by atoms with van der Waals surface area (Å²) < 4.78 is 5.30. The zero-order valence-corrected chi connectivity index (χ0v) is 23.0. The normalized spacial score (nSPS) is 14.4. The third-order valence-electron chi connectivity index (χ3n) is 7.78. The average molecular weight is 555 g/mol. The Labute approximate surface area is 238 Å². The average Bonchev–Trinajstić information content (AvgIpc) is 3.40. The summed E-state index contributed by atoms with van der Waals surface area (Å²) in [6.07, 6.45) is 6.92. The van der Waals surface area contributed by atoms with E-state index in [1.807, 2.05) is 54.7 Å². The lowest BCUT2D eigenvalue weighted by Gasteiger charge is -2.33. The van der Waals surface area contributed by atoms with Crippen LogP contribution in [0.15, 0.2) is 79.0 Å². The Morgan fingerprint density at radius 1 is 1.02 bits per heavy atom. The Morgan fingerprint density at radius 3 is 2.41 bits per heavy atom. The molecule has 0 radical (unpaired) electrons. The Kier molecular flexibility index (Phi) is 8.62. The molecule has 0 spiro atoms. The highest BCUT2D eigenvalue weighted by molar-refractivity contribution is 5.92. The van der Waals surface area contributed by atoms with E-state index in [1.165, 1.54) is 12.1 Å². The molecule has 1 aliphatic carbocycles. The molecule has 1 aromatic heterocycles. The van der Waals surface area contributed by atoms with Gasteiger partial charge in [-0.05, 0) is 59.9 Å². The van der Waals surface area contributed by atoms with Gasteiger partial charge in [0.15, 0.2) is 0 Å². The molecule has 0 aliphatic heterocycles. The molecule has 9 nitrogen and oxygen atoms in total. The van der Waals surface area contributed by atoms with E-state index in [2.05, 4.69) is 10.3 Å². The maximum absolute atomic E-state index is 14.2. The number of nitrogens with zero attached hydrogens (tertiary/aromatic N) is 2. The van der Waals surface area contributed by atoms with Gasteiger partial charge in [0.05, 0.1) is 18.5 Å². The van der Waals surface area contributed by atoms with E-state index in [0.717, 1.165) is 54.1 Å². The molecule has 41 heavy (non-hydrogen) atoms. The molecule has 2 N–H and O–H groups in total. The number of rotatable bonds is 10. The lowest BCUT2D eigenvalue weighted by atomic mass is 9.94. The molecule has 1 aliphatic rings. The summed E-state index contributed by atoms with van der Waals surface area (Å²) in [5.74, 6) is 0.173. The number of para-hydroxylation sites is 1. The van der Waals surface area contributed by atoms with Gasteiger partial charge in [-0.15, -0.1) is 0 Å². The molecular formula is C32H34N4O5. The number of aromatic nitrogens is 1. The van der Waals surface area contributed by atoms with E-state index in [9.17, 15) is 19.7 Å². The second-order valence-electron chi connectivity index (χ2n) is 10.5. The van der Waals surface area contributed by atoms with Crippen LogP contribution in [0.25, 0.3) is 10.9 Å². The molecule has 4 aromatic rings. The summed E-state index contributed by atoms with van der Waals surface area (Å²) in [5, 5.41) is 15.5. The minimum atomic E-state index is -0.975. The Balaban J connectivity index is 1.53. The molecular weight excluding hydrogens is 520 g/mol. The number of carbonyl (C=O) groups excluding carboxylic acids is 2. The van der Waals surface area contributed by atoms with Gasteiger partial charge < -0.3 is 19.9 Å². The van der Waals surface area contributed by atoms with Gasteiger partial charge >= 0.3 is 0 Å². The van der Waals surface area contributed by atoms with Crippen molar-refractivity contribution in [2.75, 3.05) is 7.11 Å². The summed E-state index contributed by atoms with van der Waals surface area (Å²) in [6.45, 7) is 0.172. The van der Waals surface area contributed by atoms with Crippen LogP contribution in [0.5, 0.6) is 5.75 Å². The first-order chi connectivity index (χ1) is 19.9. The van der Waals surface area contributed by atoms with Crippen LogP contribution >= 0.6 is 0 Å². The van der Waals surface area contributed by atoms with Crippen LogP contribution in [0.1, 0.15) is 54.8 Å². The van der Waals surface area contributed by atoms with Crippen molar-refractivity contribution in [2.24, 2.45) is 0 Å². The van der Waals surface area contributed by atoms with E-state index >= 15 is 0 Å². The van der Waals surface area contributed by atoms with Gasteiger partial charge in [-0.1, -0.05) is 49.6 Å². The third kappa shape index (κ3) is 6.57. The van der Waals surface area contributed by atoms with Crippen molar-refractivity contribution >= 4 is 28.4 Å². The highest BCUT2D eigenvalue weighted by Crippen LogP contribution is 2.29. The van der Waals surface area contributed by atoms with Crippen molar-refractivity contribution in [1.29, 1.82) is 0 Å². The van der Waals surface area contributed by atoms with Gasteiger partial charge in [0.2, 0.25) is 11.8 Å². The number of amides is 2. The number of non-ortho nitro benzene ring substituents is 1.